The standard InChI is InChI=1S/C19H22FN3O3/c1-26-19-7-4-17(20)12-16(19)14-22-10-8-21(9-11-22)13-15-2-5-18(6-3-15)23(24)25/h2-7,12H,8-11,13-14H2,1H3. The van der Waals surface area contributed by atoms with Gasteiger partial charge in [0.15, 0.2) is 0 Å². The Bertz CT molecular complexity index is 759. The molecule has 0 saturated carbocycles. The lowest BCUT2D eigenvalue weighted by Gasteiger charge is -2.35. The number of piperazine rings is 1. The number of hydrogen-bond acceptors (Lipinski definition) is 5. The van der Waals surface area contributed by atoms with E-state index in [9.17, 15) is 14.5 Å². The third-order valence-electron chi connectivity index (χ3n) is 4.65. The van der Waals surface area contributed by atoms with Crippen LogP contribution in [-0.2, 0) is 13.1 Å². The van der Waals surface area contributed by atoms with Gasteiger partial charge in [0, 0.05) is 57.0 Å². The molecular formula is C19H22FN3O3. The van der Waals surface area contributed by atoms with Gasteiger partial charge in [0.1, 0.15) is 11.6 Å². The van der Waals surface area contributed by atoms with Gasteiger partial charge in [-0.05, 0) is 23.8 Å². The minimum atomic E-state index is -0.386. The van der Waals surface area contributed by atoms with Crippen LogP contribution in [0, 0.1) is 15.9 Å². The second kappa shape index (κ2) is 8.25. The lowest BCUT2D eigenvalue weighted by atomic mass is 10.1. The molecule has 7 heteroatoms. The van der Waals surface area contributed by atoms with Crippen molar-refractivity contribution < 1.29 is 14.1 Å². The smallest absolute Gasteiger partial charge is 0.269 e. The number of rotatable bonds is 6. The van der Waals surface area contributed by atoms with E-state index < -0.39 is 0 Å². The Morgan fingerprint density at radius 1 is 1.04 bits per heavy atom. The maximum Gasteiger partial charge on any atom is 0.269 e. The molecular weight excluding hydrogens is 337 g/mol. The van der Waals surface area contributed by atoms with Gasteiger partial charge in [-0.25, -0.2) is 4.39 Å². The Morgan fingerprint density at radius 3 is 2.23 bits per heavy atom. The summed E-state index contributed by atoms with van der Waals surface area (Å²) in [6.07, 6.45) is 0. The Hall–Kier alpha value is -2.51. The highest BCUT2D eigenvalue weighted by Crippen LogP contribution is 2.22. The molecule has 0 atom stereocenters. The van der Waals surface area contributed by atoms with Gasteiger partial charge in [-0.3, -0.25) is 19.9 Å². The van der Waals surface area contributed by atoms with Crippen LogP contribution in [0.3, 0.4) is 0 Å². The van der Waals surface area contributed by atoms with Crippen molar-refractivity contribution in [3.8, 4) is 5.75 Å². The monoisotopic (exact) mass is 359 g/mol. The van der Waals surface area contributed by atoms with Crippen LogP contribution in [-0.4, -0.2) is 48.0 Å². The number of benzene rings is 2. The highest BCUT2D eigenvalue weighted by atomic mass is 19.1. The number of nitrogens with zero attached hydrogens (tertiary/aromatic N) is 3. The molecule has 2 aromatic carbocycles. The minimum Gasteiger partial charge on any atom is -0.496 e. The zero-order valence-electron chi connectivity index (χ0n) is 14.7. The summed E-state index contributed by atoms with van der Waals surface area (Å²) in [6, 6.07) is 11.3. The number of non-ortho nitro benzene ring substituents is 1. The molecule has 0 N–H and O–H groups in total. The fraction of sp³-hybridized carbons (Fsp3) is 0.368. The number of hydrogen-bond donors (Lipinski definition) is 0. The largest absolute Gasteiger partial charge is 0.496 e. The average Bonchev–Trinajstić information content (AvgIpc) is 2.64. The van der Waals surface area contributed by atoms with Crippen LogP contribution in [0.5, 0.6) is 5.75 Å². The van der Waals surface area contributed by atoms with Crippen molar-refractivity contribution in [3.05, 3.63) is 69.5 Å². The van der Waals surface area contributed by atoms with Crippen LogP contribution < -0.4 is 4.74 Å². The van der Waals surface area contributed by atoms with Crippen molar-refractivity contribution in [1.82, 2.24) is 9.80 Å². The summed E-state index contributed by atoms with van der Waals surface area (Å²) in [5.74, 6) is 0.456. The normalized spacial score (nSPS) is 15.8. The quantitative estimate of drug-likeness (QED) is 0.586. The third kappa shape index (κ3) is 4.56. The number of nitro benzene ring substituents is 1. The van der Waals surface area contributed by atoms with Gasteiger partial charge >= 0.3 is 0 Å². The summed E-state index contributed by atoms with van der Waals surface area (Å²) in [5, 5.41) is 10.7. The molecule has 0 aromatic heterocycles. The first-order valence-corrected chi connectivity index (χ1v) is 8.55. The molecule has 138 valence electrons. The van der Waals surface area contributed by atoms with Crippen molar-refractivity contribution in [2.24, 2.45) is 0 Å². The molecule has 26 heavy (non-hydrogen) atoms. The molecule has 0 amide bonds. The average molecular weight is 359 g/mol. The van der Waals surface area contributed by atoms with Crippen molar-refractivity contribution in [2.75, 3.05) is 33.3 Å². The molecule has 6 nitrogen and oxygen atoms in total. The molecule has 1 saturated heterocycles. The Kier molecular flexibility index (Phi) is 5.80. The molecule has 0 radical (unpaired) electrons. The van der Waals surface area contributed by atoms with E-state index in [2.05, 4.69) is 9.80 Å². The van der Waals surface area contributed by atoms with Crippen molar-refractivity contribution in [1.29, 1.82) is 0 Å². The fourth-order valence-corrected chi connectivity index (χ4v) is 3.20. The Balaban J connectivity index is 1.53. The summed E-state index contributed by atoms with van der Waals surface area (Å²) in [7, 11) is 1.60. The number of methoxy groups -OCH3 is 1. The van der Waals surface area contributed by atoms with Crippen molar-refractivity contribution in [3.63, 3.8) is 0 Å². The lowest BCUT2D eigenvalue weighted by Crippen LogP contribution is -2.45. The number of ether oxygens (including phenoxy) is 1. The summed E-state index contributed by atoms with van der Waals surface area (Å²) < 4.78 is 18.8. The minimum absolute atomic E-state index is 0.114. The van der Waals surface area contributed by atoms with Crippen molar-refractivity contribution in [2.45, 2.75) is 13.1 Å². The van der Waals surface area contributed by atoms with E-state index in [1.807, 2.05) is 12.1 Å². The van der Waals surface area contributed by atoms with Crippen LogP contribution in [0.15, 0.2) is 42.5 Å². The van der Waals surface area contributed by atoms with Gasteiger partial charge in [-0.2, -0.15) is 0 Å². The van der Waals surface area contributed by atoms with Gasteiger partial charge in [0.25, 0.3) is 5.69 Å². The first-order valence-electron chi connectivity index (χ1n) is 8.55. The predicted octanol–water partition coefficient (Wildman–Crippen LogP) is 3.06. The molecule has 3 rings (SSSR count). The second-order valence-electron chi connectivity index (χ2n) is 6.43. The Labute approximate surface area is 151 Å². The molecule has 2 aromatic rings. The van der Waals surface area contributed by atoms with Gasteiger partial charge in [-0.15, -0.1) is 0 Å². The SMILES string of the molecule is COc1ccc(F)cc1CN1CCN(Cc2ccc([N+](=O)[O-])cc2)CC1. The predicted molar refractivity (Wildman–Crippen MR) is 96.6 cm³/mol. The maximum atomic E-state index is 13.5. The highest BCUT2D eigenvalue weighted by Gasteiger charge is 2.19. The number of halogens is 1. The van der Waals surface area contributed by atoms with E-state index in [4.69, 9.17) is 4.74 Å². The van der Waals surface area contributed by atoms with E-state index in [0.717, 1.165) is 43.9 Å². The molecule has 0 aliphatic carbocycles. The molecule has 1 heterocycles. The van der Waals surface area contributed by atoms with Gasteiger partial charge in [0.2, 0.25) is 0 Å². The van der Waals surface area contributed by atoms with E-state index in [1.165, 1.54) is 12.1 Å². The van der Waals surface area contributed by atoms with Crippen LogP contribution >= 0.6 is 0 Å². The zero-order chi connectivity index (χ0) is 18.5. The lowest BCUT2D eigenvalue weighted by molar-refractivity contribution is -0.384. The first-order chi connectivity index (χ1) is 12.5. The van der Waals surface area contributed by atoms with Crippen LogP contribution in [0.25, 0.3) is 0 Å². The molecule has 1 fully saturated rings. The van der Waals surface area contributed by atoms with E-state index in [1.54, 1.807) is 25.3 Å². The topological polar surface area (TPSA) is 58.8 Å². The molecule has 1 aliphatic heterocycles. The third-order valence-corrected chi connectivity index (χ3v) is 4.65. The van der Waals surface area contributed by atoms with Crippen LogP contribution in [0.1, 0.15) is 11.1 Å². The highest BCUT2D eigenvalue weighted by molar-refractivity contribution is 5.34. The second-order valence-corrected chi connectivity index (χ2v) is 6.43. The Morgan fingerprint density at radius 2 is 1.65 bits per heavy atom. The number of nitro groups is 1. The first kappa shape index (κ1) is 18.3. The van der Waals surface area contributed by atoms with E-state index >= 15 is 0 Å². The summed E-state index contributed by atoms with van der Waals surface area (Å²) >= 11 is 0. The molecule has 0 bridgehead atoms. The maximum absolute atomic E-state index is 13.5. The van der Waals surface area contributed by atoms with Crippen LogP contribution in [0.2, 0.25) is 0 Å². The van der Waals surface area contributed by atoms with E-state index in [0.29, 0.717) is 12.3 Å². The summed E-state index contributed by atoms with van der Waals surface area (Å²) in [6.45, 7) is 4.99. The fourth-order valence-electron chi connectivity index (χ4n) is 3.20. The molecule has 1 aliphatic rings. The van der Waals surface area contributed by atoms with Crippen LogP contribution in [0.4, 0.5) is 10.1 Å². The van der Waals surface area contributed by atoms with Gasteiger partial charge in [-0.1, -0.05) is 12.1 Å². The summed E-state index contributed by atoms with van der Waals surface area (Å²) in [5.41, 5.74) is 2.04. The van der Waals surface area contributed by atoms with Crippen molar-refractivity contribution >= 4 is 5.69 Å². The van der Waals surface area contributed by atoms with Gasteiger partial charge in [0.05, 0.1) is 12.0 Å². The zero-order valence-corrected chi connectivity index (χ0v) is 14.7. The summed E-state index contributed by atoms with van der Waals surface area (Å²) in [4.78, 5) is 14.9. The molecule has 0 spiro atoms. The van der Waals surface area contributed by atoms with E-state index in [-0.39, 0.29) is 16.4 Å². The van der Waals surface area contributed by atoms with Gasteiger partial charge < -0.3 is 4.74 Å². The molecule has 0 unspecified atom stereocenters.